The minimum atomic E-state index is -0.347. The van der Waals surface area contributed by atoms with Crippen LogP contribution in [0.4, 0.5) is 4.39 Å². The topological polar surface area (TPSA) is 20.2 Å². The van der Waals surface area contributed by atoms with Gasteiger partial charge in [-0.3, -0.25) is 0 Å². The zero-order chi connectivity index (χ0) is 12.0. The molecule has 0 bridgehead atoms. The molecule has 0 aliphatic carbocycles. The van der Waals surface area contributed by atoms with Gasteiger partial charge in [-0.15, -0.1) is 0 Å². The Morgan fingerprint density at radius 3 is 2.62 bits per heavy atom. The third-order valence-corrected chi connectivity index (χ3v) is 2.68. The summed E-state index contributed by atoms with van der Waals surface area (Å²) in [5.41, 5.74) is 0.872. The van der Waals surface area contributed by atoms with Crippen molar-refractivity contribution in [2.24, 2.45) is 5.92 Å². The van der Waals surface area contributed by atoms with E-state index in [1.165, 1.54) is 12.1 Å². The van der Waals surface area contributed by atoms with Crippen LogP contribution in [0.1, 0.15) is 38.7 Å². The number of benzene rings is 1. The van der Waals surface area contributed by atoms with Gasteiger partial charge >= 0.3 is 0 Å². The molecule has 90 valence electrons. The van der Waals surface area contributed by atoms with Gasteiger partial charge in [0, 0.05) is 0 Å². The first-order chi connectivity index (χ1) is 7.58. The highest BCUT2D eigenvalue weighted by Crippen LogP contribution is 2.12. The number of hydrogen-bond donors (Lipinski definition) is 1. The lowest BCUT2D eigenvalue weighted by Gasteiger charge is -2.11. The van der Waals surface area contributed by atoms with Crippen LogP contribution >= 0.6 is 0 Å². The van der Waals surface area contributed by atoms with Gasteiger partial charge in [0.15, 0.2) is 0 Å². The highest BCUT2D eigenvalue weighted by Gasteiger charge is 2.06. The van der Waals surface area contributed by atoms with E-state index in [1.54, 1.807) is 6.07 Å². The van der Waals surface area contributed by atoms with Crippen LogP contribution in [0.5, 0.6) is 0 Å². The van der Waals surface area contributed by atoms with Crippen molar-refractivity contribution in [1.29, 1.82) is 0 Å². The third kappa shape index (κ3) is 5.26. The standard InChI is InChI=1S/C14H21FO/c1-11(2)5-3-8-14(16)10-12-6-4-7-13(15)9-12/h4,6-7,9,11,14,16H,3,5,8,10H2,1-2H3. The molecule has 0 aliphatic rings. The van der Waals surface area contributed by atoms with Crippen molar-refractivity contribution in [3.8, 4) is 0 Å². The van der Waals surface area contributed by atoms with Crippen LogP contribution in [0, 0.1) is 11.7 Å². The van der Waals surface area contributed by atoms with Gasteiger partial charge in [-0.1, -0.05) is 38.8 Å². The minimum Gasteiger partial charge on any atom is -0.393 e. The molecule has 16 heavy (non-hydrogen) atoms. The summed E-state index contributed by atoms with van der Waals surface area (Å²) in [4.78, 5) is 0. The Labute approximate surface area is 97.3 Å². The molecule has 0 radical (unpaired) electrons. The lowest BCUT2D eigenvalue weighted by atomic mass is 10.0. The van der Waals surface area contributed by atoms with Crippen molar-refractivity contribution >= 4 is 0 Å². The maximum absolute atomic E-state index is 12.9. The average Bonchev–Trinajstić information content (AvgIpc) is 2.16. The van der Waals surface area contributed by atoms with Crippen LogP contribution in [-0.4, -0.2) is 11.2 Å². The van der Waals surface area contributed by atoms with Crippen LogP contribution in [0.2, 0.25) is 0 Å². The summed E-state index contributed by atoms with van der Waals surface area (Å²) in [5, 5.41) is 9.78. The van der Waals surface area contributed by atoms with Crippen LogP contribution in [0.3, 0.4) is 0 Å². The fraction of sp³-hybridized carbons (Fsp3) is 0.571. The Kier molecular flexibility index (Phi) is 5.47. The summed E-state index contributed by atoms with van der Waals surface area (Å²) in [7, 11) is 0. The zero-order valence-corrected chi connectivity index (χ0v) is 10.1. The van der Waals surface area contributed by atoms with Gasteiger partial charge in [-0.25, -0.2) is 4.39 Å². The number of halogens is 1. The molecule has 1 nitrogen and oxygen atoms in total. The van der Waals surface area contributed by atoms with Gasteiger partial charge in [0.05, 0.1) is 6.10 Å². The van der Waals surface area contributed by atoms with Gasteiger partial charge in [-0.05, 0) is 36.5 Å². The van der Waals surface area contributed by atoms with Crippen molar-refractivity contribution in [1.82, 2.24) is 0 Å². The summed E-state index contributed by atoms with van der Waals surface area (Å²) in [5.74, 6) is 0.452. The lowest BCUT2D eigenvalue weighted by molar-refractivity contribution is 0.159. The molecule has 1 atom stereocenters. The number of aliphatic hydroxyl groups is 1. The molecule has 0 fully saturated rings. The van der Waals surface area contributed by atoms with Gasteiger partial charge in [0.2, 0.25) is 0 Å². The van der Waals surface area contributed by atoms with E-state index in [0.717, 1.165) is 24.8 Å². The molecular formula is C14H21FO. The first-order valence-corrected chi connectivity index (χ1v) is 6.00. The molecule has 1 N–H and O–H groups in total. The first kappa shape index (κ1) is 13.2. The largest absolute Gasteiger partial charge is 0.393 e. The molecule has 0 aliphatic heterocycles. The Balaban J connectivity index is 2.31. The maximum Gasteiger partial charge on any atom is 0.123 e. The summed E-state index contributed by atoms with van der Waals surface area (Å²) < 4.78 is 12.9. The normalized spacial score (nSPS) is 13.1. The average molecular weight is 224 g/mol. The SMILES string of the molecule is CC(C)CCCC(O)Cc1cccc(F)c1. The van der Waals surface area contributed by atoms with Crippen molar-refractivity contribution in [2.75, 3.05) is 0 Å². The fourth-order valence-corrected chi connectivity index (χ4v) is 1.80. The molecular weight excluding hydrogens is 203 g/mol. The summed E-state index contributed by atoms with van der Waals surface area (Å²) in [6.45, 7) is 4.36. The maximum atomic E-state index is 12.9. The number of aliphatic hydroxyl groups excluding tert-OH is 1. The van der Waals surface area contributed by atoms with E-state index >= 15 is 0 Å². The van der Waals surface area contributed by atoms with E-state index in [1.807, 2.05) is 6.07 Å². The molecule has 2 heteroatoms. The minimum absolute atomic E-state index is 0.230. The number of rotatable bonds is 6. The molecule has 0 amide bonds. The van der Waals surface area contributed by atoms with E-state index in [2.05, 4.69) is 13.8 Å². The summed E-state index contributed by atoms with van der Waals surface area (Å²) in [6.07, 6.45) is 3.18. The Bertz CT molecular complexity index is 309. The smallest absolute Gasteiger partial charge is 0.123 e. The molecule has 1 unspecified atom stereocenters. The van der Waals surface area contributed by atoms with Crippen molar-refractivity contribution < 1.29 is 9.50 Å². The molecule has 0 aromatic heterocycles. The zero-order valence-electron chi connectivity index (χ0n) is 10.1. The van der Waals surface area contributed by atoms with Crippen molar-refractivity contribution in [3.63, 3.8) is 0 Å². The van der Waals surface area contributed by atoms with Gasteiger partial charge in [-0.2, -0.15) is 0 Å². The number of hydrogen-bond acceptors (Lipinski definition) is 1. The molecule has 0 saturated heterocycles. The predicted molar refractivity (Wildman–Crippen MR) is 64.8 cm³/mol. The molecule has 1 aromatic rings. The van der Waals surface area contributed by atoms with E-state index in [9.17, 15) is 9.50 Å². The molecule has 0 spiro atoms. The van der Waals surface area contributed by atoms with Crippen LogP contribution in [-0.2, 0) is 6.42 Å². The Hall–Kier alpha value is -0.890. The summed E-state index contributed by atoms with van der Waals surface area (Å²) in [6, 6.07) is 6.46. The van der Waals surface area contributed by atoms with E-state index < -0.39 is 0 Å². The molecule has 0 saturated carbocycles. The van der Waals surface area contributed by atoms with Crippen molar-refractivity contribution in [3.05, 3.63) is 35.6 Å². The first-order valence-electron chi connectivity index (χ1n) is 6.00. The second-order valence-electron chi connectivity index (χ2n) is 4.81. The van der Waals surface area contributed by atoms with Gasteiger partial charge < -0.3 is 5.11 Å². The van der Waals surface area contributed by atoms with E-state index in [4.69, 9.17) is 0 Å². The second kappa shape index (κ2) is 6.64. The van der Waals surface area contributed by atoms with E-state index in [-0.39, 0.29) is 11.9 Å². The molecule has 1 rings (SSSR count). The molecule has 0 heterocycles. The van der Waals surface area contributed by atoms with Crippen LogP contribution in [0.15, 0.2) is 24.3 Å². The Morgan fingerprint density at radius 2 is 2.00 bits per heavy atom. The second-order valence-corrected chi connectivity index (χ2v) is 4.81. The van der Waals surface area contributed by atoms with E-state index in [0.29, 0.717) is 12.3 Å². The van der Waals surface area contributed by atoms with Crippen molar-refractivity contribution in [2.45, 2.75) is 45.6 Å². The highest BCUT2D eigenvalue weighted by atomic mass is 19.1. The van der Waals surface area contributed by atoms with Gasteiger partial charge in [0.25, 0.3) is 0 Å². The monoisotopic (exact) mass is 224 g/mol. The Morgan fingerprint density at radius 1 is 1.25 bits per heavy atom. The van der Waals surface area contributed by atoms with Gasteiger partial charge in [0.1, 0.15) is 5.82 Å². The van der Waals surface area contributed by atoms with Crippen LogP contribution in [0.25, 0.3) is 0 Å². The molecule has 1 aromatic carbocycles. The summed E-state index contributed by atoms with van der Waals surface area (Å²) >= 11 is 0. The van der Waals surface area contributed by atoms with Crippen LogP contribution < -0.4 is 0 Å². The quantitative estimate of drug-likeness (QED) is 0.783. The lowest BCUT2D eigenvalue weighted by Crippen LogP contribution is -2.10. The fourth-order valence-electron chi connectivity index (χ4n) is 1.80. The highest BCUT2D eigenvalue weighted by molar-refractivity contribution is 5.16. The predicted octanol–water partition coefficient (Wildman–Crippen LogP) is 3.56. The third-order valence-electron chi connectivity index (χ3n) is 2.68.